The highest BCUT2D eigenvalue weighted by atomic mass is 19.2. The van der Waals surface area contributed by atoms with Gasteiger partial charge in [0.25, 0.3) is 0 Å². The van der Waals surface area contributed by atoms with E-state index in [4.69, 9.17) is 0 Å². The minimum absolute atomic E-state index is 0.0381. The van der Waals surface area contributed by atoms with Crippen molar-refractivity contribution in [1.82, 2.24) is 0 Å². The second-order valence-electron chi connectivity index (χ2n) is 6.57. The number of fused-ring (bicyclic) bond motifs is 2. The third-order valence-corrected chi connectivity index (χ3v) is 5.46. The molecule has 0 radical (unpaired) electrons. The summed E-state index contributed by atoms with van der Waals surface area (Å²) in [7, 11) is 0. The van der Waals surface area contributed by atoms with Crippen molar-refractivity contribution in [2.45, 2.75) is 33.1 Å². The molecule has 0 aliphatic heterocycles. The lowest BCUT2D eigenvalue weighted by Gasteiger charge is -2.34. The summed E-state index contributed by atoms with van der Waals surface area (Å²) >= 11 is 0. The number of hydrogen-bond donors (Lipinski definition) is 1. The first-order valence-electron chi connectivity index (χ1n) is 7.09. The number of ketones is 1. The van der Waals surface area contributed by atoms with Gasteiger partial charge in [0.1, 0.15) is 11.2 Å². The van der Waals surface area contributed by atoms with E-state index < -0.39 is 28.4 Å². The first kappa shape index (κ1) is 14.2. The van der Waals surface area contributed by atoms with Crippen LogP contribution in [-0.2, 0) is 9.59 Å². The van der Waals surface area contributed by atoms with Gasteiger partial charge in [-0.1, -0.05) is 13.8 Å². The van der Waals surface area contributed by atoms with E-state index in [0.29, 0.717) is 12.8 Å². The standard InChI is InChI=1S/C16H17F2NO2/c1-15(2)9-5-6-16(15,13(20)7-9)14(21)19-10-3-4-11(17)12(18)8-10/h3-4,8-9H,5-7H2,1-2H3,(H,19,21)/t9-,16-/m0/s1. The first-order chi connectivity index (χ1) is 9.79. The van der Waals surface area contributed by atoms with E-state index in [0.717, 1.165) is 18.6 Å². The third-order valence-electron chi connectivity index (χ3n) is 5.46. The van der Waals surface area contributed by atoms with Crippen LogP contribution >= 0.6 is 0 Å². The zero-order valence-electron chi connectivity index (χ0n) is 12.0. The fourth-order valence-corrected chi connectivity index (χ4v) is 4.02. The van der Waals surface area contributed by atoms with Crippen molar-refractivity contribution in [2.24, 2.45) is 16.7 Å². The van der Waals surface area contributed by atoms with E-state index >= 15 is 0 Å². The van der Waals surface area contributed by atoms with Gasteiger partial charge in [-0.25, -0.2) is 8.78 Å². The lowest BCUT2D eigenvalue weighted by atomic mass is 9.68. The topological polar surface area (TPSA) is 46.2 Å². The van der Waals surface area contributed by atoms with Gasteiger partial charge in [-0.2, -0.15) is 0 Å². The monoisotopic (exact) mass is 293 g/mol. The van der Waals surface area contributed by atoms with Gasteiger partial charge < -0.3 is 5.32 Å². The number of halogens is 2. The Labute approximate surface area is 121 Å². The molecule has 1 amide bonds. The smallest absolute Gasteiger partial charge is 0.238 e. The molecule has 0 heterocycles. The quantitative estimate of drug-likeness (QED) is 0.850. The first-order valence-corrected chi connectivity index (χ1v) is 7.09. The van der Waals surface area contributed by atoms with Crippen LogP contribution in [0.15, 0.2) is 18.2 Å². The van der Waals surface area contributed by atoms with Crippen LogP contribution in [0.3, 0.4) is 0 Å². The van der Waals surface area contributed by atoms with Crippen LogP contribution in [-0.4, -0.2) is 11.7 Å². The molecule has 3 rings (SSSR count). The fourth-order valence-electron chi connectivity index (χ4n) is 4.02. The highest BCUT2D eigenvalue weighted by Crippen LogP contribution is 2.64. The minimum atomic E-state index is -1.04. The molecular weight excluding hydrogens is 276 g/mol. The second kappa shape index (κ2) is 4.36. The van der Waals surface area contributed by atoms with Gasteiger partial charge in [-0.3, -0.25) is 9.59 Å². The number of rotatable bonds is 2. The normalized spacial score (nSPS) is 29.7. The average molecular weight is 293 g/mol. The highest BCUT2D eigenvalue weighted by molar-refractivity contribution is 6.14. The Kier molecular flexibility index (Phi) is 2.94. The van der Waals surface area contributed by atoms with E-state index in [9.17, 15) is 18.4 Å². The van der Waals surface area contributed by atoms with Gasteiger partial charge in [0.05, 0.1) is 0 Å². The molecule has 0 aromatic heterocycles. The second-order valence-corrected chi connectivity index (χ2v) is 6.57. The number of carbonyl (C=O) groups is 2. The Bertz CT molecular complexity index is 641. The Morgan fingerprint density at radius 2 is 2.00 bits per heavy atom. The van der Waals surface area contributed by atoms with Crippen molar-refractivity contribution < 1.29 is 18.4 Å². The van der Waals surface area contributed by atoms with Crippen LogP contribution in [0.4, 0.5) is 14.5 Å². The van der Waals surface area contributed by atoms with Gasteiger partial charge in [0.2, 0.25) is 5.91 Å². The van der Waals surface area contributed by atoms with Crippen molar-refractivity contribution in [3.8, 4) is 0 Å². The van der Waals surface area contributed by atoms with Gasteiger partial charge in [-0.15, -0.1) is 0 Å². The summed E-state index contributed by atoms with van der Waals surface area (Å²) in [6, 6.07) is 3.19. The lowest BCUT2D eigenvalue weighted by molar-refractivity contribution is -0.141. The maximum Gasteiger partial charge on any atom is 0.238 e. The van der Waals surface area contributed by atoms with E-state index in [2.05, 4.69) is 5.32 Å². The number of nitrogens with one attached hydrogen (secondary N) is 1. The van der Waals surface area contributed by atoms with E-state index in [1.54, 1.807) is 0 Å². The molecular formula is C16H17F2NO2. The number of benzene rings is 1. The maximum atomic E-state index is 13.2. The van der Waals surface area contributed by atoms with Crippen LogP contribution in [0.5, 0.6) is 0 Å². The van der Waals surface area contributed by atoms with Crippen LogP contribution in [0.1, 0.15) is 33.1 Å². The molecule has 5 heteroatoms. The Balaban J connectivity index is 1.91. The molecule has 0 saturated heterocycles. The molecule has 2 fully saturated rings. The number of carbonyl (C=O) groups excluding carboxylic acids is 2. The molecule has 2 saturated carbocycles. The summed E-state index contributed by atoms with van der Waals surface area (Å²) in [6.07, 6.45) is 1.81. The largest absolute Gasteiger partial charge is 0.325 e. The van der Waals surface area contributed by atoms with Crippen molar-refractivity contribution in [3.63, 3.8) is 0 Å². The van der Waals surface area contributed by atoms with Crippen molar-refractivity contribution in [2.75, 3.05) is 5.32 Å². The Hall–Kier alpha value is -1.78. The maximum absolute atomic E-state index is 13.2. The number of anilines is 1. The highest BCUT2D eigenvalue weighted by Gasteiger charge is 2.68. The van der Waals surface area contributed by atoms with E-state index in [-0.39, 0.29) is 17.4 Å². The van der Waals surface area contributed by atoms with Crippen molar-refractivity contribution >= 4 is 17.4 Å². The summed E-state index contributed by atoms with van der Waals surface area (Å²) in [6.45, 7) is 3.89. The molecule has 2 atom stereocenters. The lowest BCUT2D eigenvalue weighted by Crippen LogP contribution is -2.46. The molecule has 3 nitrogen and oxygen atoms in total. The molecule has 1 aromatic rings. The summed E-state index contributed by atoms with van der Waals surface area (Å²) in [5.41, 5.74) is -1.26. The SMILES string of the molecule is CC1(C)[C@H]2CC[C@@]1(C(=O)Nc1ccc(F)c(F)c1)C(=O)C2. The third kappa shape index (κ3) is 1.76. The molecule has 0 unspecified atom stereocenters. The number of hydrogen-bond acceptors (Lipinski definition) is 2. The minimum Gasteiger partial charge on any atom is -0.325 e. The molecule has 2 aliphatic carbocycles. The molecule has 2 aliphatic rings. The van der Waals surface area contributed by atoms with Crippen LogP contribution in [0.2, 0.25) is 0 Å². The van der Waals surface area contributed by atoms with Crippen molar-refractivity contribution in [3.05, 3.63) is 29.8 Å². The molecule has 1 aromatic carbocycles. The molecule has 21 heavy (non-hydrogen) atoms. The number of Topliss-reactive ketones (excluding diaryl/α,β-unsaturated/α-hetero) is 1. The molecule has 2 bridgehead atoms. The van der Waals surface area contributed by atoms with E-state index in [1.165, 1.54) is 6.07 Å². The fraction of sp³-hybridized carbons (Fsp3) is 0.500. The van der Waals surface area contributed by atoms with Crippen LogP contribution in [0, 0.1) is 28.4 Å². The average Bonchev–Trinajstić information content (AvgIpc) is 2.77. The Morgan fingerprint density at radius 3 is 2.52 bits per heavy atom. The summed E-state index contributed by atoms with van der Waals surface area (Å²) in [5, 5.41) is 2.59. The van der Waals surface area contributed by atoms with Gasteiger partial charge in [0.15, 0.2) is 11.6 Å². The Morgan fingerprint density at radius 1 is 1.29 bits per heavy atom. The van der Waals surface area contributed by atoms with Crippen LogP contribution < -0.4 is 5.32 Å². The van der Waals surface area contributed by atoms with Gasteiger partial charge >= 0.3 is 0 Å². The van der Waals surface area contributed by atoms with Crippen LogP contribution in [0.25, 0.3) is 0 Å². The summed E-state index contributed by atoms with van der Waals surface area (Å²) in [5.74, 6) is -2.20. The predicted octanol–water partition coefficient (Wildman–Crippen LogP) is 3.30. The summed E-state index contributed by atoms with van der Waals surface area (Å²) < 4.78 is 26.2. The van der Waals surface area contributed by atoms with E-state index in [1.807, 2.05) is 13.8 Å². The van der Waals surface area contributed by atoms with Gasteiger partial charge in [-0.05, 0) is 36.3 Å². The predicted molar refractivity (Wildman–Crippen MR) is 73.5 cm³/mol. The molecule has 0 spiro atoms. The van der Waals surface area contributed by atoms with Crippen molar-refractivity contribution in [1.29, 1.82) is 0 Å². The summed E-state index contributed by atoms with van der Waals surface area (Å²) in [4.78, 5) is 25.0. The van der Waals surface area contributed by atoms with Gasteiger partial charge in [0, 0.05) is 18.2 Å². The zero-order valence-corrected chi connectivity index (χ0v) is 12.0. The molecule has 1 N–H and O–H groups in total. The number of amides is 1. The molecule has 112 valence electrons. The zero-order chi connectivity index (χ0) is 15.4.